The summed E-state index contributed by atoms with van der Waals surface area (Å²) >= 11 is 3.38. The molecule has 1 amide bonds. The number of benzene rings is 2. The van der Waals surface area contributed by atoms with Crippen LogP contribution < -0.4 is 4.90 Å². The molecule has 128 valence electrons. The molecule has 0 saturated heterocycles. The van der Waals surface area contributed by atoms with Crippen molar-refractivity contribution in [2.45, 2.75) is 19.9 Å². The zero-order valence-corrected chi connectivity index (χ0v) is 15.0. The molecule has 0 aromatic heterocycles. The van der Waals surface area contributed by atoms with Crippen molar-refractivity contribution in [3.63, 3.8) is 0 Å². The Labute approximate surface area is 152 Å². The van der Waals surface area contributed by atoms with Gasteiger partial charge in [-0.25, -0.2) is 4.39 Å². The number of aldehydes is 1. The maximum Gasteiger partial charge on any atom is 0.231 e. The summed E-state index contributed by atoms with van der Waals surface area (Å²) in [7, 11) is 0. The molecular formula is C19H15BrFNO3. The normalized spacial score (nSPS) is 14.4. The van der Waals surface area contributed by atoms with Crippen LogP contribution in [0.15, 0.2) is 42.0 Å². The quantitative estimate of drug-likeness (QED) is 0.785. The van der Waals surface area contributed by atoms with Crippen LogP contribution >= 0.6 is 15.9 Å². The van der Waals surface area contributed by atoms with Crippen LogP contribution in [-0.2, 0) is 16.1 Å². The van der Waals surface area contributed by atoms with Crippen molar-refractivity contribution in [1.29, 1.82) is 0 Å². The first-order valence-electron chi connectivity index (χ1n) is 7.63. The summed E-state index contributed by atoms with van der Waals surface area (Å²) in [6.45, 7) is 1.81. The second-order valence-corrected chi connectivity index (χ2v) is 6.69. The number of nitrogens with zero attached hydrogens (tertiary/aromatic N) is 1. The minimum atomic E-state index is -0.344. The molecule has 0 bridgehead atoms. The monoisotopic (exact) mass is 403 g/mol. The van der Waals surface area contributed by atoms with Crippen LogP contribution in [0.1, 0.15) is 23.1 Å². The number of phenols is 1. The SMILES string of the molecule is Cc1ccc(CN2C(=O)CC(C=O)=C(Br)c3ccc(O)cc32)cc1F. The Morgan fingerprint density at radius 3 is 2.72 bits per heavy atom. The lowest BCUT2D eigenvalue weighted by Crippen LogP contribution is -2.30. The fraction of sp³-hybridized carbons (Fsp3) is 0.158. The summed E-state index contributed by atoms with van der Waals surface area (Å²) in [6.07, 6.45) is 0.571. The van der Waals surface area contributed by atoms with Crippen molar-refractivity contribution in [3.8, 4) is 5.75 Å². The third-order valence-corrected chi connectivity index (χ3v) is 5.09. The highest BCUT2D eigenvalue weighted by molar-refractivity contribution is 9.15. The minimum absolute atomic E-state index is 0.00138. The molecule has 0 fully saturated rings. The molecule has 0 unspecified atom stereocenters. The number of carbonyl (C=O) groups excluding carboxylic acids is 2. The van der Waals surface area contributed by atoms with Gasteiger partial charge >= 0.3 is 0 Å². The third kappa shape index (κ3) is 3.35. The Morgan fingerprint density at radius 2 is 2.04 bits per heavy atom. The van der Waals surface area contributed by atoms with Crippen LogP contribution in [0.3, 0.4) is 0 Å². The number of rotatable bonds is 3. The van der Waals surface area contributed by atoms with Crippen molar-refractivity contribution in [2.75, 3.05) is 4.90 Å². The lowest BCUT2D eigenvalue weighted by atomic mass is 10.1. The lowest BCUT2D eigenvalue weighted by molar-refractivity contribution is -0.118. The molecule has 2 aromatic carbocycles. The molecule has 1 heterocycles. The standard InChI is InChI=1S/C19H15BrFNO3/c1-11-2-3-12(6-16(11)21)9-22-17-8-14(24)4-5-15(17)19(20)13(10-23)7-18(22)25/h2-6,8,10,24H,7,9H2,1H3. The summed E-state index contributed by atoms with van der Waals surface area (Å²) in [5.74, 6) is -0.644. The molecule has 0 spiro atoms. The first-order chi connectivity index (χ1) is 11.9. The Hall–Kier alpha value is -2.47. The number of aromatic hydroxyl groups is 1. The number of hydrogen-bond acceptors (Lipinski definition) is 3. The van der Waals surface area contributed by atoms with Crippen LogP contribution in [0.25, 0.3) is 4.48 Å². The number of hydrogen-bond donors (Lipinski definition) is 1. The van der Waals surface area contributed by atoms with E-state index in [1.807, 2.05) is 0 Å². The van der Waals surface area contributed by atoms with Gasteiger partial charge in [0.05, 0.1) is 18.7 Å². The van der Waals surface area contributed by atoms with E-state index in [1.165, 1.54) is 23.1 Å². The van der Waals surface area contributed by atoms with Crippen LogP contribution in [0.2, 0.25) is 0 Å². The zero-order valence-electron chi connectivity index (χ0n) is 13.4. The Bertz CT molecular complexity index is 908. The van der Waals surface area contributed by atoms with Gasteiger partial charge in [0.1, 0.15) is 17.9 Å². The van der Waals surface area contributed by atoms with Crippen molar-refractivity contribution < 1.29 is 19.1 Å². The molecule has 0 radical (unpaired) electrons. The Morgan fingerprint density at radius 1 is 1.28 bits per heavy atom. The predicted octanol–water partition coefficient (Wildman–Crippen LogP) is 4.08. The van der Waals surface area contributed by atoms with E-state index in [-0.39, 0.29) is 30.4 Å². The summed E-state index contributed by atoms with van der Waals surface area (Å²) in [5.41, 5.74) is 2.57. The van der Waals surface area contributed by atoms with E-state index in [9.17, 15) is 19.1 Å². The van der Waals surface area contributed by atoms with Gasteiger partial charge in [0.2, 0.25) is 5.91 Å². The molecule has 0 aliphatic carbocycles. The van der Waals surface area contributed by atoms with Gasteiger partial charge in [-0.2, -0.15) is 0 Å². The molecule has 1 aliphatic rings. The number of halogens is 2. The number of fused-ring (bicyclic) bond motifs is 1. The van der Waals surface area contributed by atoms with Gasteiger partial charge in [0.15, 0.2) is 0 Å². The molecular weight excluding hydrogens is 389 g/mol. The van der Waals surface area contributed by atoms with Crippen LogP contribution in [-0.4, -0.2) is 17.3 Å². The van der Waals surface area contributed by atoms with Gasteiger partial charge in [-0.15, -0.1) is 0 Å². The number of carbonyl (C=O) groups is 2. The first-order valence-corrected chi connectivity index (χ1v) is 8.42. The summed E-state index contributed by atoms with van der Waals surface area (Å²) in [4.78, 5) is 25.5. The van der Waals surface area contributed by atoms with Crippen molar-refractivity contribution in [2.24, 2.45) is 0 Å². The van der Waals surface area contributed by atoms with E-state index in [0.717, 1.165) is 0 Å². The fourth-order valence-electron chi connectivity index (χ4n) is 2.76. The van der Waals surface area contributed by atoms with Gasteiger partial charge in [0.25, 0.3) is 0 Å². The largest absolute Gasteiger partial charge is 0.508 e. The summed E-state index contributed by atoms with van der Waals surface area (Å²) < 4.78 is 14.4. The van der Waals surface area contributed by atoms with Crippen molar-refractivity contribution in [3.05, 3.63) is 64.5 Å². The highest BCUT2D eigenvalue weighted by atomic mass is 79.9. The zero-order chi connectivity index (χ0) is 18.1. The van der Waals surface area contributed by atoms with E-state index in [2.05, 4.69) is 15.9 Å². The second-order valence-electron chi connectivity index (χ2n) is 5.90. The molecule has 3 rings (SSSR count). The maximum absolute atomic E-state index is 13.8. The van der Waals surface area contributed by atoms with Gasteiger partial charge in [-0.05, 0) is 52.2 Å². The van der Waals surface area contributed by atoms with Gasteiger partial charge in [-0.1, -0.05) is 12.1 Å². The number of phenolic OH excluding ortho intramolecular Hbond substituents is 1. The predicted molar refractivity (Wildman–Crippen MR) is 97.0 cm³/mol. The van der Waals surface area contributed by atoms with E-state index >= 15 is 0 Å². The summed E-state index contributed by atoms with van der Waals surface area (Å²) in [5, 5.41) is 9.84. The van der Waals surface area contributed by atoms with Gasteiger partial charge in [-0.3, -0.25) is 9.59 Å². The van der Waals surface area contributed by atoms with Crippen LogP contribution in [0.5, 0.6) is 5.75 Å². The van der Waals surface area contributed by atoms with Crippen LogP contribution in [0.4, 0.5) is 10.1 Å². The molecule has 1 aliphatic heterocycles. The molecule has 6 heteroatoms. The fourth-order valence-corrected chi connectivity index (χ4v) is 3.33. The highest BCUT2D eigenvalue weighted by Gasteiger charge is 2.27. The highest BCUT2D eigenvalue weighted by Crippen LogP contribution is 2.39. The number of aryl methyl sites for hydroxylation is 1. The average Bonchev–Trinajstić information content (AvgIpc) is 2.68. The third-order valence-electron chi connectivity index (χ3n) is 4.15. The van der Waals surface area contributed by atoms with Gasteiger partial charge in [0, 0.05) is 21.7 Å². The van der Waals surface area contributed by atoms with Crippen LogP contribution in [0, 0.1) is 12.7 Å². The molecule has 0 saturated carbocycles. The Kier molecular flexibility index (Phi) is 4.72. The van der Waals surface area contributed by atoms with E-state index in [1.54, 1.807) is 25.1 Å². The molecule has 25 heavy (non-hydrogen) atoms. The second kappa shape index (κ2) is 6.80. The van der Waals surface area contributed by atoms with Crippen molar-refractivity contribution in [1.82, 2.24) is 0 Å². The first kappa shape index (κ1) is 17.4. The number of amides is 1. The maximum atomic E-state index is 13.8. The van der Waals surface area contributed by atoms with E-state index in [0.29, 0.717) is 38.7 Å². The van der Waals surface area contributed by atoms with E-state index in [4.69, 9.17) is 0 Å². The molecule has 4 nitrogen and oxygen atoms in total. The Balaban J connectivity index is 2.09. The smallest absolute Gasteiger partial charge is 0.231 e. The minimum Gasteiger partial charge on any atom is -0.508 e. The van der Waals surface area contributed by atoms with Gasteiger partial charge < -0.3 is 10.0 Å². The number of anilines is 1. The molecule has 2 aromatic rings. The topological polar surface area (TPSA) is 57.6 Å². The summed E-state index contributed by atoms with van der Waals surface area (Å²) in [6, 6.07) is 9.39. The van der Waals surface area contributed by atoms with Crippen molar-refractivity contribution >= 4 is 38.3 Å². The molecule has 0 atom stereocenters. The van der Waals surface area contributed by atoms with E-state index < -0.39 is 0 Å². The molecule has 1 N–H and O–H groups in total. The lowest BCUT2D eigenvalue weighted by Gasteiger charge is -2.24. The average molecular weight is 404 g/mol.